The van der Waals surface area contributed by atoms with Crippen LogP contribution in [-0.4, -0.2) is 67.1 Å². The van der Waals surface area contributed by atoms with E-state index in [0.717, 1.165) is 70.3 Å². The summed E-state index contributed by atoms with van der Waals surface area (Å²) in [7, 11) is 2.17. The number of likely N-dealkylation sites (N-methyl/N-ethyl adjacent to an activating group) is 1. The average Bonchev–Trinajstić information content (AvgIpc) is 2.76. The highest BCUT2D eigenvalue weighted by Crippen LogP contribution is 2.27. The number of benzene rings is 1. The third-order valence-electron chi connectivity index (χ3n) is 6.33. The summed E-state index contributed by atoms with van der Waals surface area (Å²) in [6.45, 7) is 7.66. The van der Waals surface area contributed by atoms with Crippen LogP contribution in [-0.2, 0) is 11.2 Å². The van der Waals surface area contributed by atoms with Crippen LogP contribution in [0.3, 0.4) is 0 Å². The normalized spacial score (nSPS) is 18.6. The number of piperidine rings is 1. The molecular formula is C23H32N6O. The van der Waals surface area contributed by atoms with E-state index in [1.54, 1.807) is 0 Å². The molecule has 0 saturated carbocycles. The summed E-state index contributed by atoms with van der Waals surface area (Å²) in [6, 6.07) is 8.68. The number of piperazine rings is 1. The Hall–Kier alpha value is -2.67. The molecular weight excluding hydrogens is 376 g/mol. The molecule has 2 aliphatic rings. The van der Waals surface area contributed by atoms with Crippen molar-refractivity contribution in [2.75, 3.05) is 56.1 Å². The monoisotopic (exact) mass is 408 g/mol. The summed E-state index contributed by atoms with van der Waals surface area (Å²) < 4.78 is 0. The molecule has 0 aliphatic carbocycles. The van der Waals surface area contributed by atoms with Gasteiger partial charge in [-0.3, -0.25) is 4.79 Å². The van der Waals surface area contributed by atoms with E-state index in [2.05, 4.69) is 52.9 Å². The van der Waals surface area contributed by atoms with E-state index in [9.17, 15) is 4.79 Å². The Kier molecular flexibility index (Phi) is 6.18. The number of amides is 1. The van der Waals surface area contributed by atoms with E-state index in [1.807, 2.05) is 6.20 Å². The molecule has 4 rings (SSSR count). The van der Waals surface area contributed by atoms with Gasteiger partial charge in [0.15, 0.2) is 0 Å². The zero-order chi connectivity index (χ0) is 21.1. The van der Waals surface area contributed by atoms with E-state index in [0.29, 0.717) is 0 Å². The van der Waals surface area contributed by atoms with Gasteiger partial charge in [0.2, 0.25) is 11.9 Å². The van der Waals surface area contributed by atoms with Crippen LogP contribution in [0.25, 0.3) is 0 Å². The van der Waals surface area contributed by atoms with Crippen molar-refractivity contribution in [2.24, 2.45) is 11.7 Å². The molecule has 1 aromatic carbocycles. The second-order valence-corrected chi connectivity index (χ2v) is 8.64. The van der Waals surface area contributed by atoms with Gasteiger partial charge in [-0.25, -0.2) is 4.98 Å². The molecule has 2 aliphatic heterocycles. The third-order valence-corrected chi connectivity index (χ3v) is 6.33. The van der Waals surface area contributed by atoms with Crippen LogP contribution >= 0.6 is 0 Å². The molecule has 0 unspecified atom stereocenters. The number of rotatable bonds is 5. The maximum absolute atomic E-state index is 11.5. The predicted octanol–water partition coefficient (Wildman–Crippen LogP) is 1.83. The minimum atomic E-state index is -0.192. The minimum Gasteiger partial charge on any atom is -0.369 e. The Morgan fingerprint density at radius 1 is 1.03 bits per heavy atom. The highest BCUT2D eigenvalue weighted by Gasteiger charge is 2.26. The topological polar surface area (TPSA) is 78.6 Å². The number of hydrogen-bond donors (Lipinski definition) is 1. The van der Waals surface area contributed by atoms with E-state index in [4.69, 9.17) is 15.7 Å². The summed E-state index contributed by atoms with van der Waals surface area (Å²) in [5.41, 5.74) is 9.19. The molecule has 7 nitrogen and oxygen atoms in total. The van der Waals surface area contributed by atoms with Gasteiger partial charge >= 0.3 is 0 Å². The van der Waals surface area contributed by atoms with Crippen LogP contribution in [0.15, 0.2) is 30.5 Å². The van der Waals surface area contributed by atoms with Gasteiger partial charge in [0.05, 0.1) is 0 Å². The van der Waals surface area contributed by atoms with Gasteiger partial charge in [-0.05, 0) is 32.4 Å². The van der Waals surface area contributed by atoms with Crippen molar-refractivity contribution in [1.29, 1.82) is 0 Å². The number of aromatic nitrogens is 2. The minimum absolute atomic E-state index is 0.0286. The molecule has 2 fully saturated rings. The number of primary amides is 1. The van der Waals surface area contributed by atoms with Crippen LogP contribution < -0.4 is 15.5 Å². The Bertz CT molecular complexity index is 868. The van der Waals surface area contributed by atoms with Gasteiger partial charge in [-0.15, -0.1) is 0 Å². The van der Waals surface area contributed by atoms with E-state index in [-0.39, 0.29) is 11.8 Å². The van der Waals surface area contributed by atoms with Gasteiger partial charge in [0.1, 0.15) is 5.82 Å². The maximum atomic E-state index is 11.5. The number of nitrogens with two attached hydrogens (primary N) is 1. The Labute approximate surface area is 178 Å². The SMILES string of the molecule is Cc1ccc(Cc2cnc(N3CCC(C(N)=O)CC3)nc2N2CCN(C)CC2)cc1. The van der Waals surface area contributed by atoms with Gasteiger partial charge < -0.3 is 20.4 Å². The van der Waals surface area contributed by atoms with Crippen LogP contribution in [0.1, 0.15) is 29.5 Å². The van der Waals surface area contributed by atoms with E-state index < -0.39 is 0 Å². The summed E-state index contributed by atoms with van der Waals surface area (Å²) >= 11 is 0. The molecule has 30 heavy (non-hydrogen) atoms. The van der Waals surface area contributed by atoms with Crippen LogP contribution in [0.2, 0.25) is 0 Å². The molecule has 0 bridgehead atoms. The first kappa shape index (κ1) is 20.6. The number of aryl methyl sites for hydroxylation is 1. The number of hydrogen-bond acceptors (Lipinski definition) is 6. The second kappa shape index (κ2) is 9.00. The highest BCUT2D eigenvalue weighted by molar-refractivity contribution is 5.77. The van der Waals surface area contributed by atoms with E-state index >= 15 is 0 Å². The lowest BCUT2D eigenvalue weighted by molar-refractivity contribution is -0.122. The van der Waals surface area contributed by atoms with Crippen molar-refractivity contribution in [3.05, 3.63) is 47.2 Å². The lowest BCUT2D eigenvalue weighted by Crippen LogP contribution is -2.45. The van der Waals surface area contributed by atoms with Gasteiger partial charge in [0, 0.05) is 63.4 Å². The van der Waals surface area contributed by atoms with Crippen LogP contribution in [0.5, 0.6) is 0 Å². The van der Waals surface area contributed by atoms with Gasteiger partial charge in [-0.2, -0.15) is 4.98 Å². The second-order valence-electron chi connectivity index (χ2n) is 8.64. The van der Waals surface area contributed by atoms with Crippen molar-refractivity contribution in [3.8, 4) is 0 Å². The number of carbonyl (C=O) groups is 1. The number of anilines is 2. The third kappa shape index (κ3) is 4.73. The van der Waals surface area contributed by atoms with Crippen molar-refractivity contribution in [2.45, 2.75) is 26.2 Å². The summed E-state index contributed by atoms with van der Waals surface area (Å²) in [5.74, 6) is 1.59. The molecule has 0 spiro atoms. The number of carbonyl (C=O) groups excluding carboxylic acids is 1. The fourth-order valence-corrected chi connectivity index (χ4v) is 4.25. The smallest absolute Gasteiger partial charge is 0.227 e. The quantitative estimate of drug-likeness (QED) is 0.813. The molecule has 1 amide bonds. The number of nitrogens with zero attached hydrogens (tertiary/aromatic N) is 5. The van der Waals surface area contributed by atoms with E-state index in [1.165, 1.54) is 16.7 Å². The fraction of sp³-hybridized carbons (Fsp3) is 0.522. The molecule has 2 saturated heterocycles. The fourth-order valence-electron chi connectivity index (χ4n) is 4.25. The molecule has 2 aromatic rings. The molecule has 7 heteroatoms. The molecule has 160 valence electrons. The zero-order valence-electron chi connectivity index (χ0n) is 18.0. The maximum Gasteiger partial charge on any atom is 0.227 e. The Balaban J connectivity index is 1.58. The molecule has 3 heterocycles. The molecule has 1 aromatic heterocycles. The van der Waals surface area contributed by atoms with Crippen molar-refractivity contribution >= 4 is 17.7 Å². The summed E-state index contributed by atoms with van der Waals surface area (Å²) in [4.78, 5) is 28.2. The van der Waals surface area contributed by atoms with Gasteiger partial charge in [0.25, 0.3) is 0 Å². The van der Waals surface area contributed by atoms with Crippen molar-refractivity contribution < 1.29 is 4.79 Å². The Morgan fingerprint density at radius 3 is 2.33 bits per heavy atom. The van der Waals surface area contributed by atoms with Crippen molar-refractivity contribution in [1.82, 2.24) is 14.9 Å². The lowest BCUT2D eigenvalue weighted by atomic mass is 9.96. The summed E-state index contributed by atoms with van der Waals surface area (Å²) in [5, 5.41) is 0. The van der Waals surface area contributed by atoms with Crippen LogP contribution in [0, 0.1) is 12.8 Å². The standard InChI is InChI=1S/C23H32N6O/c1-17-3-5-18(6-4-17)15-20-16-25-23(29-9-7-19(8-10-29)21(24)30)26-22(20)28-13-11-27(2)12-14-28/h3-6,16,19H,7-15H2,1-2H3,(H2,24,30). The van der Waals surface area contributed by atoms with Crippen molar-refractivity contribution in [3.63, 3.8) is 0 Å². The zero-order valence-corrected chi connectivity index (χ0v) is 18.0. The molecule has 0 radical (unpaired) electrons. The first-order valence-electron chi connectivity index (χ1n) is 10.9. The highest BCUT2D eigenvalue weighted by atomic mass is 16.1. The largest absolute Gasteiger partial charge is 0.369 e. The summed E-state index contributed by atoms with van der Waals surface area (Å²) in [6.07, 6.45) is 4.36. The molecule has 2 N–H and O–H groups in total. The first-order chi connectivity index (χ1) is 14.5. The van der Waals surface area contributed by atoms with Gasteiger partial charge in [-0.1, -0.05) is 29.8 Å². The lowest BCUT2D eigenvalue weighted by Gasteiger charge is -2.35. The van der Waals surface area contributed by atoms with Crippen LogP contribution in [0.4, 0.5) is 11.8 Å². The first-order valence-corrected chi connectivity index (χ1v) is 10.9. The molecule has 0 atom stereocenters. The average molecular weight is 409 g/mol. The Morgan fingerprint density at radius 2 is 1.70 bits per heavy atom. The predicted molar refractivity (Wildman–Crippen MR) is 120 cm³/mol.